The van der Waals surface area contributed by atoms with Gasteiger partial charge in [-0.05, 0) is 24.6 Å². The highest BCUT2D eigenvalue weighted by atomic mass is 16.1. The Kier molecular flexibility index (Phi) is 2.88. The van der Waals surface area contributed by atoms with E-state index in [-0.39, 0.29) is 5.56 Å². The Morgan fingerprint density at radius 1 is 1.00 bits per heavy atom. The van der Waals surface area contributed by atoms with Crippen LogP contribution in [0.4, 0.5) is 0 Å². The van der Waals surface area contributed by atoms with Gasteiger partial charge >= 0.3 is 0 Å². The molecule has 0 amide bonds. The number of para-hydroxylation sites is 1. The summed E-state index contributed by atoms with van der Waals surface area (Å²) in [5.74, 6) is 0.743. The van der Waals surface area contributed by atoms with Gasteiger partial charge in [0.1, 0.15) is 5.82 Å². The zero-order chi connectivity index (χ0) is 13.2. The first-order valence-corrected chi connectivity index (χ1v) is 6.26. The molecular weight excluding hydrogens is 236 g/mol. The predicted molar refractivity (Wildman–Crippen MR) is 76.3 cm³/mol. The molecule has 2 aromatic carbocycles. The number of rotatable bonds is 2. The number of fused-ring (bicyclic) bond motifs is 1. The standard InChI is InChI=1S/C16H14N2O/c1-12-17-15-10-6-5-9-14(15)16(19)18(12)11-13-7-3-2-4-8-13/h2-10H,11H2,1H3. The third kappa shape index (κ3) is 2.15. The predicted octanol–water partition coefficient (Wildman–Crippen LogP) is 2.75. The van der Waals surface area contributed by atoms with Crippen molar-refractivity contribution in [2.45, 2.75) is 13.5 Å². The first-order chi connectivity index (χ1) is 9.25. The van der Waals surface area contributed by atoms with Crippen molar-refractivity contribution in [3.8, 4) is 0 Å². The van der Waals surface area contributed by atoms with Crippen molar-refractivity contribution in [2.75, 3.05) is 0 Å². The lowest BCUT2D eigenvalue weighted by molar-refractivity contribution is 0.713. The van der Waals surface area contributed by atoms with Crippen molar-refractivity contribution in [1.29, 1.82) is 0 Å². The summed E-state index contributed by atoms with van der Waals surface area (Å²) in [6.45, 7) is 2.43. The van der Waals surface area contributed by atoms with Gasteiger partial charge in [-0.1, -0.05) is 42.5 Å². The normalized spacial score (nSPS) is 10.8. The van der Waals surface area contributed by atoms with Crippen LogP contribution in [0.5, 0.6) is 0 Å². The van der Waals surface area contributed by atoms with Gasteiger partial charge in [0, 0.05) is 0 Å². The average molecular weight is 250 g/mol. The molecule has 0 atom stereocenters. The number of aryl methyl sites for hydroxylation is 1. The smallest absolute Gasteiger partial charge is 0.261 e. The Hall–Kier alpha value is -2.42. The molecule has 3 rings (SSSR count). The third-order valence-corrected chi connectivity index (χ3v) is 3.24. The second kappa shape index (κ2) is 4.69. The van der Waals surface area contributed by atoms with Crippen LogP contribution < -0.4 is 5.56 Å². The van der Waals surface area contributed by atoms with Gasteiger partial charge in [-0.25, -0.2) is 4.98 Å². The largest absolute Gasteiger partial charge is 0.292 e. The SMILES string of the molecule is Cc1nc2ccccc2c(=O)n1Cc1ccccc1. The minimum atomic E-state index is 0.0203. The number of hydrogen-bond acceptors (Lipinski definition) is 2. The number of aromatic nitrogens is 2. The van der Waals surface area contributed by atoms with Crippen LogP contribution in [0, 0.1) is 6.92 Å². The summed E-state index contributed by atoms with van der Waals surface area (Å²) in [6.07, 6.45) is 0. The van der Waals surface area contributed by atoms with Crippen molar-refractivity contribution in [1.82, 2.24) is 9.55 Å². The summed E-state index contributed by atoms with van der Waals surface area (Å²) < 4.78 is 1.72. The van der Waals surface area contributed by atoms with Gasteiger partial charge in [-0.15, -0.1) is 0 Å². The molecule has 0 aliphatic carbocycles. The Balaban J connectivity index is 2.16. The fraction of sp³-hybridized carbons (Fsp3) is 0.125. The van der Waals surface area contributed by atoms with E-state index in [2.05, 4.69) is 4.98 Å². The van der Waals surface area contributed by atoms with Crippen LogP contribution in [0.25, 0.3) is 10.9 Å². The molecule has 3 nitrogen and oxygen atoms in total. The first-order valence-electron chi connectivity index (χ1n) is 6.26. The molecule has 19 heavy (non-hydrogen) atoms. The fourth-order valence-electron chi connectivity index (χ4n) is 2.23. The van der Waals surface area contributed by atoms with Gasteiger partial charge in [0.05, 0.1) is 17.4 Å². The van der Waals surface area contributed by atoms with Gasteiger partial charge in [0.25, 0.3) is 5.56 Å². The Morgan fingerprint density at radius 2 is 1.68 bits per heavy atom. The summed E-state index contributed by atoms with van der Waals surface area (Å²) >= 11 is 0. The third-order valence-electron chi connectivity index (χ3n) is 3.24. The van der Waals surface area contributed by atoms with E-state index in [4.69, 9.17) is 0 Å². The second-order valence-electron chi connectivity index (χ2n) is 4.55. The van der Waals surface area contributed by atoms with E-state index in [0.717, 1.165) is 16.9 Å². The maximum atomic E-state index is 12.5. The lowest BCUT2D eigenvalue weighted by atomic mass is 10.2. The molecule has 94 valence electrons. The van der Waals surface area contributed by atoms with E-state index in [1.165, 1.54) is 0 Å². The lowest BCUT2D eigenvalue weighted by Gasteiger charge is -2.10. The molecule has 0 radical (unpaired) electrons. The summed E-state index contributed by atoms with van der Waals surface area (Å²) in [5, 5.41) is 0.670. The van der Waals surface area contributed by atoms with Crippen LogP contribution in [0.2, 0.25) is 0 Å². The highest BCUT2D eigenvalue weighted by Crippen LogP contribution is 2.09. The molecule has 0 saturated heterocycles. The van der Waals surface area contributed by atoms with E-state index in [1.807, 2.05) is 61.5 Å². The van der Waals surface area contributed by atoms with Crippen LogP contribution in [-0.4, -0.2) is 9.55 Å². The second-order valence-corrected chi connectivity index (χ2v) is 4.55. The van der Waals surface area contributed by atoms with Crippen molar-refractivity contribution in [3.63, 3.8) is 0 Å². The molecule has 0 N–H and O–H groups in total. The molecule has 3 heteroatoms. The molecule has 0 spiro atoms. The first kappa shape index (κ1) is 11.7. The monoisotopic (exact) mass is 250 g/mol. The molecule has 1 heterocycles. The molecule has 0 saturated carbocycles. The van der Waals surface area contributed by atoms with E-state index >= 15 is 0 Å². The lowest BCUT2D eigenvalue weighted by Crippen LogP contribution is -2.24. The van der Waals surface area contributed by atoms with Crippen molar-refractivity contribution < 1.29 is 0 Å². The zero-order valence-corrected chi connectivity index (χ0v) is 10.7. The van der Waals surface area contributed by atoms with Crippen LogP contribution >= 0.6 is 0 Å². The Labute approximate surface area is 111 Å². The van der Waals surface area contributed by atoms with E-state index in [0.29, 0.717) is 11.9 Å². The number of hydrogen-bond donors (Lipinski definition) is 0. The van der Waals surface area contributed by atoms with Gasteiger partial charge in [-0.3, -0.25) is 9.36 Å². The molecule has 0 aliphatic rings. The highest BCUT2D eigenvalue weighted by molar-refractivity contribution is 5.77. The van der Waals surface area contributed by atoms with Gasteiger partial charge < -0.3 is 0 Å². The summed E-state index contributed by atoms with van der Waals surface area (Å²) in [6, 6.07) is 17.4. The summed E-state index contributed by atoms with van der Waals surface area (Å²) in [5.41, 5.74) is 1.88. The van der Waals surface area contributed by atoms with Crippen molar-refractivity contribution in [3.05, 3.63) is 76.3 Å². The Morgan fingerprint density at radius 3 is 2.47 bits per heavy atom. The quantitative estimate of drug-likeness (QED) is 0.701. The minimum Gasteiger partial charge on any atom is -0.292 e. The summed E-state index contributed by atoms with van der Waals surface area (Å²) in [4.78, 5) is 17.0. The summed E-state index contributed by atoms with van der Waals surface area (Å²) in [7, 11) is 0. The van der Waals surface area contributed by atoms with Crippen LogP contribution in [0.15, 0.2) is 59.4 Å². The van der Waals surface area contributed by atoms with Crippen LogP contribution in [0.1, 0.15) is 11.4 Å². The van der Waals surface area contributed by atoms with Gasteiger partial charge in [0.2, 0.25) is 0 Å². The average Bonchev–Trinajstić information content (AvgIpc) is 2.45. The molecule has 0 bridgehead atoms. The van der Waals surface area contributed by atoms with E-state index < -0.39 is 0 Å². The highest BCUT2D eigenvalue weighted by Gasteiger charge is 2.07. The van der Waals surface area contributed by atoms with Crippen molar-refractivity contribution in [2.24, 2.45) is 0 Å². The maximum Gasteiger partial charge on any atom is 0.261 e. The molecule has 0 aliphatic heterocycles. The van der Waals surface area contributed by atoms with E-state index in [9.17, 15) is 4.79 Å². The fourth-order valence-corrected chi connectivity index (χ4v) is 2.23. The molecular formula is C16H14N2O. The van der Waals surface area contributed by atoms with Crippen molar-refractivity contribution >= 4 is 10.9 Å². The van der Waals surface area contributed by atoms with Gasteiger partial charge in [0.15, 0.2) is 0 Å². The topological polar surface area (TPSA) is 34.9 Å². The Bertz CT molecular complexity index is 776. The van der Waals surface area contributed by atoms with Crippen LogP contribution in [0.3, 0.4) is 0 Å². The maximum absolute atomic E-state index is 12.5. The zero-order valence-electron chi connectivity index (χ0n) is 10.7. The molecule has 0 fully saturated rings. The number of benzene rings is 2. The number of nitrogens with zero attached hydrogens (tertiary/aromatic N) is 2. The molecule has 0 unspecified atom stereocenters. The molecule has 1 aromatic heterocycles. The van der Waals surface area contributed by atoms with Gasteiger partial charge in [-0.2, -0.15) is 0 Å². The minimum absolute atomic E-state index is 0.0203. The van der Waals surface area contributed by atoms with Crippen LogP contribution in [-0.2, 0) is 6.54 Å². The molecule has 3 aromatic rings. The van der Waals surface area contributed by atoms with E-state index in [1.54, 1.807) is 4.57 Å².